The van der Waals surface area contributed by atoms with E-state index >= 15 is 0 Å². The smallest absolute Gasteiger partial charge is 0.251 e. The van der Waals surface area contributed by atoms with Crippen molar-refractivity contribution in [3.63, 3.8) is 0 Å². The molecule has 0 radical (unpaired) electrons. The maximum absolute atomic E-state index is 12.1. The molecule has 1 aromatic carbocycles. The number of H-pyrrole nitrogens is 1. The number of amides is 1. The van der Waals surface area contributed by atoms with Crippen LogP contribution < -0.4 is 5.32 Å². The van der Waals surface area contributed by atoms with Crippen molar-refractivity contribution in [1.29, 1.82) is 0 Å². The van der Waals surface area contributed by atoms with Crippen molar-refractivity contribution in [1.82, 2.24) is 20.5 Å². The van der Waals surface area contributed by atoms with Crippen LogP contribution in [0.1, 0.15) is 27.3 Å². The molecule has 0 unspecified atom stereocenters. The van der Waals surface area contributed by atoms with Crippen molar-refractivity contribution in [3.05, 3.63) is 47.0 Å². The summed E-state index contributed by atoms with van der Waals surface area (Å²) in [6, 6.07) is 5.32. The average molecular weight is 284 g/mol. The molecule has 0 spiro atoms. The van der Waals surface area contributed by atoms with Crippen LogP contribution in [-0.4, -0.2) is 39.3 Å². The number of benzene rings is 1. The molecule has 6 nitrogen and oxygen atoms in total. The van der Waals surface area contributed by atoms with Crippen LogP contribution in [0.15, 0.2) is 24.5 Å². The van der Waals surface area contributed by atoms with E-state index in [-0.39, 0.29) is 12.5 Å². The monoisotopic (exact) mass is 284 g/mol. The molecule has 108 valence electrons. The summed E-state index contributed by atoms with van der Waals surface area (Å²) in [5.41, 5.74) is 2.25. The molecule has 1 amide bonds. The largest absolute Gasteiger partial charge is 0.384 e. The lowest BCUT2D eigenvalue weighted by Gasteiger charge is -2.06. The standard InChI is InChI=1S/C15H16N4O2/c1-11-4-5-13(9-12(11)3-2-8-20)15(21)16-7-6-14-17-10-18-19-14/h4-5,9-10,20H,6-8H2,1H3,(H,16,21)(H,17,18,19). The fraction of sp³-hybridized carbons (Fsp3) is 0.267. The lowest BCUT2D eigenvalue weighted by atomic mass is 10.0. The van der Waals surface area contributed by atoms with Crippen LogP contribution in [0.3, 0.4) is 0 Å². The molecule has 0 aliphatic rings. The fourth-order valence-electron chi connectivity index (χ4n) is 1.78. The topological polar surface area (TPSA) is 90.9 Å². The number of carbonyl (C=O) groups excluding carboxylic acids is 1. The number of aliphatic hydroxyl groups excluding tert-OH is 1. The Morgan fingerprint density at radius 2 is 2.33 bits per heavy atom. The second-order valence-corrected chi connectivity index (χ2v) is 4.43. The van der Waals surface area contributed by atoms with Crippen molar-refractivity contribution < 1.29 is 9.90 Å². The molecular weight excluding hydrogens is 268 g/mol. The number of aliphatic hydroxyl groups is 1. The van der Waals surface area contributed by atoms with E-state index in [4.69, 9.17) is 5.11 Å². The molecule has 0 atom stereocenters. The van der Waals surface area contributed by atoms with E-state index in [0.29, 0.717) is 18.5 Å². The van der Waals surface area contributed by atoms with Crippen LogP contribution in [0, 0.1) is 18.8 Å². The Balaban J connectivity index is 1.98. The zero-order valence-corrected chi connectivity index (χ0v) is 11.7. The van der Waals surface area contributed by atoms with E-state index in [0.717, 1.165) is 17.0 Å². The predicted octanol–water partition coefficient (Wildman–Crippen LogP) is 0.429. The zero-order chi connectivity index (χ0) is 15.1. The van der Waals surface area contributed by atoms with Crippen molar-refractivity contribution in [2.45, 2.75) is 13.3 Å². The van der Waals surface area contributed by atoms with Gasteiger partial charge < -0.3 is 10.4 Å². The van der Waals surface area contributed by atoms with Crippen molar-refractivity contribution >= 4 is 5.91 Å². The fourth-order valence-corrected chi connectivity index (χ4v) is 1.78. The maximum atomic E-state index is 12.1. The second-order valence-electron chi connectivity index (χ2n) is 4.43. The Morgan fingerprint density at radius 1 is 1.48 bits per heavy atom. The highest BCUT2D eigenvalue weighted by molar-refractivity contribution is 5.94. The normalized spacial score (nSPS) is 9.81. The van der Waals surface area contributed by atoms with Crippen molar-refractivity contribution in [3.8, 4) is 11.8 Å². The van der Waals surface area contributed by atoms with Gasteiger partial charge in [0.1, 0.15) is 18.8 Å². The van der Waals surface area contributed by atoms with Gasteiger partial charge in [-0.3, -0.25) is 9.89 Å². The number of nitrogens with one attached hydrogen (secondary N) is 2. The van der Waals surface area contributed by atoms with Gasteiger partial charge >= 0.3 is 0 Å². The number of hydrogen-bond acceptors (Lipinski definition) is 4. The predicted molar refractivity (Wildman–Crippen MR) is 77.6 cm³/mol. The summed E-state index contributed by atoms with van der Waals surface area (Å²) in [6.07, 6.45) is 2.03. The van der Waals surface area contributed by atoms with Crippen LogP contribution in [-0.2, 0) is 6.42 Å². The van der Waals surface area contributed by atoms with E-state index in [9.17, 15) is 4.79 Å². The van der Waals surface area contributed by atoms with Gasteiger partial charge in [-0.2, -0.15) is 5.10 Å². The van der Waals surface area contributed by atoms with Gasteiger partial charge in [0.25, 0.3) is 5.91 Å². The Morgan fingerprint density at radius 3 is 3.05 bits per heavy atom. The first-order valence-corrected chi connectivity index (χ1v) is 6.53. The SMILES string of the molecule is Cc1ccc(C(=O)NCCc2ncn[nH]2)cc1C#CCO. The van der Waals surface area contributed by atoms with Crippen LogP contribution in [0.5, 0.6) is 0 Å². The minimum absolute atomic E-state index is 0.165. The van der Waals surface area contributed by atoms with E-state index in [1.54, 1.807) is 12.1 Å². The van der Waals surface area contributed by atoms with Gasteiger partial charge in [0.05, 0.1) is 0 Å². The summed E-state index contributed by atoms with van der Waals surface area (Å²) in [6.45, 7) is 2.18. The molecule has 2 aromatic rings. The molecule has 0 saturated heterocycles. The van der Waals surface area contributed by atoms with E-state index in [1.807, 2.05) is 13.0 Å². The Hall–Kier alpha value is -2.65. The molecule has 1 aromatic heterocycles. The van der Waals surface area contributed by atoms with Crippen LogP contribution in [0.2, 0.25) is 0 Å². The van der Waals surface area contributed by atoms with Gasteiger partial charge in [0.15, 0.2) is 0 Å². The van der Waals surface area contributed by atoms with Crippen LogP contribution in [0.4, 0.5) is 0 Å². The molecular formula is C15H16N4O2. The number of aromatic amines is 1. The number of aryl methyl sites for hydroxylation is 1. The summed E-state index contributed by atoms with van der Waals surface area (Å²) in [4.78, 5) is 16.0. The Bertz CT molecular complexity index is 669. The summed E-state index contributed by atoms with van der Waals surface area (Å²) in [5.74, 6) is 5.99. The van der Waals surface area contributed by atoms with Gasteiger partial charge in [-0.15, -0.1) is 0 Å². The highest BCUT2D eigenvalue weighted by Gasteiger charge is 2.07. The molecule has 2 rings (SSSR count). The van der Waals surface area contributed by atoms with Gasteiger partial charge in [-0.05, 0) is 24.6 Å². The van der Waals surface area contributed by atoms with Crippen LogP contribution >= 0.6 is 0 Å². The molecule has 1 heterocycles. The number of nitrogens with zero attached hydrogens (tertiary/aromatic N) is 2. The third-order valence-corrected chi connectivity index (χ3v) is 2.91. The Labute approximate surface area is 122 Å². The summed E-state index contributed by atoms with van der Waals surface area (Å²) >= 11 is 0. The summed E-state index contributed by atoms with van der Waals surface area (Å²) in [5, 5.41) is 18.0. The molecule has 0 saturated carbocycles. The lowest BCUT2D eigenvalue weighted by molar-refractivity contribution is 0.0954. The molecule has 0 bridgehead atoms. The summed E-state index contributed by atoms with van der Waals surface area (Å²) < 4.78 is 0. The average Bonchev–Trinajstić information content (AvgIpc) is 2.99. The van der Waals surface area contributed by atoms with Gasteiger partial charge in [-0.25, -0.2) is 4.98 Å². The molecule has 21 heavy (non-hydrogen) atoms. The minimum Gasteiger partial charge on any atom is -0.384 e. The zero-order valence-electron chi connectivity index (χ0n) is 11.7. The second kappa shape index (κ2) is 7.22. The van der Waals surface area contributed by atoms with Gasteiger partial charge in [-0.1, -0.05) is 17.9 Å². The Kier molecular flexibility index (Phi) is 5.07. The maximum Gasteiger partial charge on any atom is 0.251 e. The molecule has 6 heteroatoms. The van der Waals surface area contributed by atoms with Crippen molar-refractivity contribution in [2.24, 2.45) is 0 Å². The van der Waals surface area contributed by atoms with Crippen LogP contribution in [0.25, 0.3) is 0 Å². The highest BCUT2D eigenvalue weighted by atomic mass is 16.2. The van der Waals surface area contributed by atoms with E-state index in [1.165, 1.54) is 6.33 Å². The highest BCUT2D eigenvalue weighted by Crippen LogP contribution is 2.10. The molecule has 0 aliphatic carbocycles. The number of hydrogen-bond donors (Lipinski definition) is 3. The molecule has 3 N–H and O–H groups in total. The van der Waals surface area contributed by atoms with Crippen molar-refractivity contribution in [2.75, 3.05) is 13.2 Å². The van der Waals surface area contributed by atoms with E-state index < -0.39 is 0 Å². The third-order valence-electron chi connectivity index (χ3n) is 2.91. The number of rotatable bonds is 4. The quantitative estimate of drug-likeness (QED) is 0.710. The van der Waals surface area contributed by atoms with Gasteiger partial charge in [0, 0.05) is 24.1 Å². The number of carbonyl (C=O) groups is 1. The lowest BCUT2D eigenvalue weighted by Crippen LogP contribution is -2.26. The third kappa shape index (κ3) is 4.16. The summed E-state index contributed by atoms with van der Waals surface area (Å²) in [7, 11) is 0. The molecule has 0 fully saturated rings. The first kappa shape index (κ1) is 14.8. The number of aromatic nitrogens is 3. The first-order valence-electron chi connectivity index (χ1n) is 6.53. The molecule has 0 aliphatic heterocycles. The van der Waals surface area contributed by atoms with E-state index in [2.05, 4.69) is 32.3 Å². The minimum atomic E-state index is -0.201. The first-order chi connectivity index (χ1) is 10.2. The van der Waals surface area contributed by atoms with Gasteiger partial charge in [0.2, 0.25) is 0 Å².